The maximum Gasteiger partial charge on any atom is 0.254 e. The van der Waals surface area contributed by atoms with Gasteiger partial charge in [-0.3, -0.25) is 4.79 Å². The lowest BCUT2D eigenvalue weighted by atomic mass is 10.1. The minimum atomic E-state index is -3.11. The first kappa shape index (κ1) is 20.2. The summed E-state index contributed by atoms with van der Waals surface area (Å²) < 4.78 is 34.6. The van der Waals surface area contributed by atoms with Gasteiger partial charge in [-0.1, -0.05) is 12.1 Å². The van der Waals surface area contributed by atoms with E-state index in [0.717, 1.165) is 11.3 Å². The maximum atomic E-state index is 13.2. The standard InChI is InChI=1S/C21H25NO5S/c1-3-27-20-10-6-17(7-11-20)21(23)22(18-12-13-28(24,25)15-18)14-16-4-8-19(26-2)9-5-16/h4-11,18H,3,12-15H2,1-2H3/t18-/m0/s1. The second-order valence-corrected chi connectivity index (χ2v) is 9.02. The third-order valence-electron chi connectivity index (χ3n) is 4.83. The molecule has 0 bridgehead atoms. The lowest BCUT2D eigenvalue weighted by molar-refractivity contribution is 0.0681. The number of rotatable bonds is 7. The van der Waals surface area contributed by atoms with E-state index in [-0.39, 0.29) is 23.5 Å². The zero-order chi connectivity index (χ0) is 20.1. The molecule has 1 aliphatic rings. The van der Waals surface area contributed by atoms with Gasteiger partial charge in [0, 0.05) is 18.2 Å². The Morgan fingerprint density at radius 2 is 1.71 bits per heavy atom. The van der Waals surface area contributed by atoms with Gasteiger partial charge >= 0.3 is 0 Å². The van der Waals surface area contributed by atoms with E-state index < -0.39 is 9.84 Å². The molecule has 0 N–H and O–H groups in total. The molecule has 1 amide bonds. The average molecular weight is 404 g/mol. The first-order valence-corrected chi connectivity index (χ1v) is 11.1. The summed E-state index contributed by atoms with van der Waals surface area (Å²) in [4.78, 5) is 14.9. The molecule has 0 radical (unpaired) electrons. The number of hydrogen-bond acceptors (Lipinski definition) is 5. The highest BCUT2D eigenvalue weighted by Crippen LogP contribution is 2.24. The molecule has 2 aromatic rings. The Balaban J connectivity index is 1.85. The predicted octanol–water partition coefficient (Wildman–Crippen LogP) is 2.92. The van der Waals surface area contributed by atoms with Gasteiger partial charge in [-0.25, -0.2) is 8.42 Å². The topological polar surface area (TPSA) is 72.9 Å². The van der Waals surface area contributed by atoms with Crippen LogP contribution < -0.4 is 9.47 Å². The SMILES string of the molecule is CCOc1ccc(C(=O)N(Cc2ccc(OC)cc2)[C@H]2CCS(=O)(=O)C2)cc1. The number of nitrogens with zero attached hydrogens (tertiary/aromatic N) is 1. The van der Waals surface area contributed by atoms with Gasteiger partial charge in [0.1, 0.15) is 11.5 Å². The average Bonchev–Trinajstić information content (AvgIpc) is 3.06. The highest BCUT2D eigenvalue weighted by Gasteiger charge is 2.35. The fourth-order valence-corrected chi connectivity index (χ4v) is 5.07. The Hall–Kier alpha value is -2.54. The first-order chi connectivity index (χ1) is 13.4. The quantitative estimate of drug-likeness (QED) is 0.711. The predicted molar refractivity (Wildman–Crippen MR) is 108 cm³/mol. The number of hydrogen-bond donors (Lipinski definition) is 0. The molecular weight excluding hydrogens is 378 g/mol. The summed E-state index contributed by atoms with van der Waals surface area (Å²) in [6, 6.07) is 14.1. The summed E-state index contributed by atoms with van der Waals surface area (Å²) in [7, 11) is -1.51. The summed E-state index contributed by atoms with van der Waals surface area (Å²) in [6.45, 7) is 2.79. The van der Waals surface area contributed by atoms with E-state index in [1.165, 1.54) is 0 Å². The second-order valence-electron chi connectivity index (χ2n) is 6.80. The molecule has 0 saturated carbocycles. The first-order valence-electron chi connectivity index (χ1n) is 9.29. The Morgan fingerprint density at radius 3 is 2.25 bits per heavy atom. The molecule has 1 saturated heterocycles. The van der Waals surface area contributed by atoms with Crippen LogP contribution in [0.5, 0.6) is 11.5 Å². The Bertz CT molecular complexity index is 907. The van der Waals surface area contributed by atoms with Gasteiger partial charge in [0.2, 0.25) is 0 Å². The molecule has 1 fully saturated rings. The van der Waals surface area contributed by atoms with E-state index in [4.69, 9.17) is 9.47 Å². The van der Waals surface area contributed by atoms with Crippen molar-refractivity contribution in [1.29, 1.82) is 0 Å². The molecule has 1 aliphatic heterocycles. The van der Waals surface area contributed by atoms with Crippen LogP contribution in [0, 0.1) is 0 Å². The number of methoxy groups -OCH3 is 1. The summed E-state index contributed by atoms with van der Waals surface area (Å²) in [5.74, 6) is 1.38. The number of benzene rings is 2. The van der Waals surface area contributed by atoms with E-state index in [1.807, 2.05) is 31.2 Å². The van der Waals surface area contributed by atoms with Crippen LogP contribution in [0.2, 0.25) is 0 Å². The third kappa shape index (κ3) is 4.84. The van der Waals surface area contributed by atoms with Gasteiger partial charge in [0.25, 0.3) is 5.91 Å². The fourth-order valence-electron chi connectivity index (χ4n) is 3.34. The zero-order valence-corrected chi connectivity index (χ0v) is 16.9. The van der Waals surface area contributed by atoms with Gasteiger partial charge in [-0.2, -0.15) is 0 Å². The van der Waals surface area contributed by atoms with Gasteiger partial charge < -0.3 is 14.4 Å². The lowest BCUT2D eigenvalue weighted by Gasteiger charge is -2.28. The van der Waals surface area contributed by atoms with Crippen molar-refractivity contribution in [3.8, 4) is 11.5 Å². The molecule has 6 nitrogen and oxygen atoms in total. The highest BCUT2D eigenvalue weighted by molar-refractivity contribution is 7.91. The van der Waals surface area contributed by atoms with Crippen LogP contribution in [-0.2, 0) is 16.4 Å². The second kappa shape index (κ2) is 8.65. The van der Waals surface area contributed by atoms with Crippen molar-refractivity contribution in [3.05, 3.63) is 59.7 Å². The molecule has 0 spiro atoms. The van der Waals surface area contributed by atoms with Gasteiger partial charge in [-0.15, -0.1) is 0 Å². The largest absolute Gasteiger partial charge is 0.497 e. The highest BCUT2D eigenvalue weighted by atomic mass is 32.2. The van der Waals surface area contributed by atoms with Gasteiger partial charge in [0.15, 0.2) is 9.84 Å². The van der Waals surface area contributed by atoms with Crippen molar-refractivity contribution >= 4 is 15.7 Å². The molecule has 28 heavy (non-hydrogen) atoms. The molecule has 1 atom stereocenters. The summed E-state index contributed by atoms with van der Waals surface area (Å²) in [5.41, 5.74) is 1.44. The third-order valence-corrected chi connectivity index (χ3v) is 6.58. The molecular formula is C21H25NO5S. The van der Waals surface area contributed by atoms with Crippen molar-refractivity contribution < 1.29 is 22.7 Å². The number of carbonyl (C=O) groups excluding carboxylic acids is 1. The van der Waals surface area contributed by atoms with E-state index in [2.05, 4.69) is 0 Å². The van der Waals surface area contributed by atoms with Crippen LogP contribution in [0.1, 0.15) is 29.3 Å². The molecule has 2 aromatic carbocycles. The van der Waals surface area contributed by atoms with Crippen molar-refractivity contribution in [2.75, 3.05) is 25.2 Å². The van der Waals surface area contributed by atoms with Crippen molar-refractivity contribution in [3.63, 3.8) is 0 Å². The molecule has 0 aromatic heterocycles. The Morgan fingerprint density at radius 1 is 1.07 bits per heavy atom. The van der Waals surface area contributed by atoms with Crippen molar-refractivity contribution in [1.82, 2.24) is 4.90 Å². The zero-order valence-electron chi connectivity index (χ0n) is 16.1. The number of ether oxygens (including phenoxy) is 2. The maximum absolute atomic E-state index is 13.2. The van der Waals surface area contributed by atoms with E-state index in [0.29, 0.717) is 30.9 Å². The van der Waals surface area contributed by atoms with Crippen LogP contribution in [0.4, 0.5) is 0 Å². The number of sulfone groups is 1. The van der Waals surface area contributed by atoms with Crippen LogP contribution >= 0.6 is 0 Å². The minimum absolute atomic E-state index is 0.00588. The summed E-state index contributed by atoms with van der Waals surface area (Å²) in [6.07, 6.45) is 0.460. The molecule has 150 valence electrons. The fraction of sp³-hybridized carbons (Fsp3) is 0.381. The van der Waals surface area contributed by atoms with E-state index in [9.17, 15) is 13.2 Å². The van der Waals surface area contributed by atoms with Gasteiger partial charge in [-0.05, 0) is 55.3 Å². The monoisotopic (exact) mass is 403 g/mol. The minimum Gasteiger partial charge on any atom is -0.497 e. The van der Waals surface area contributed by atoms with Crippen LogP contribution in [0.15, 0.2) is 48.5 Å². The number of amides is 1. The molecule has 3 rings (SSSR count). The molecule has 7 heteroatoms. The van der Waals surface area contributed by atoms with Crippen LogP contribution in [-0.4, -0.2) is 50.5 Å². The molecule has 0 aliphatic carbocycles. The number of carbonyl (C=O) groups is 1. The van der Waals surface area contributed by atoms with Crippen LogP contribution in [0.3, 0.4) is 0 Å². The van der Waals surface area contributed by atoms with Crippen molar-refractivity contribution in [2.45, 2.75) is 25.9 Å². The Kier molecular flexibility index (Phi) is 6.24. The normalized spacial score (nSPS) is 17.9. The summed E-state index contributed by atoms with van der Waals surface area (Å²) in [5, 5.41) is 0. The van der Waals surface area contributed by atoms with E-state index in [1.54, 1.807) is 36.3 Å². The molecule has 1 heterocycles. The van der Waals surface area contributed by atoms with Crippen molar-refractivity contribution in [2.24, 2.45) is 0 Å². The van der Waals surface area contributed by atoms with Gasteiger partial charge in [0.05, 0.1) is 25.2 Å². The van der Waals surface area contributed by atoms with Crippen LogP contribution in [0.25, 0.3) is 0 Å². The summed E-state index contributed by atoms with van der Waals surface area (Å²) >= 11 is 0. The van der Waals surface area contributed by atoms with E-state index >= 15 is 0 Å². The smallest absolute Gasteiger partial charge is 0.254 e. The molecule has 0 unspecified atom stereocenters. The lowest BCUT2D eigenvalue weighted by Crippen LogP contribution is -2.40. The Labute approximate surface area is 166 Å².